The Kier molecular flexibility index (Phi) is 25.6. The zero-order chi connectivity index (χ0) is 55.2. The van der Waals surface area contributed by atoms with Gasteiger partial charge in [-0.05, 0) is 80.9 Å². The number of Topliss-reactive ketones (excluding diaryl/α,β-unsaturated/α-hetero) is 1. The summed E-state index contributed by atoms with van der Waals surface area (Å²) in [6.45, 7) is 20.4. The van der Waals surface area contributed by atoms with E-state index in [1.807, 2.05) is 128 Å². The molecule has 0 bridgehead atoms. The Morgan fingerprint density at radius 1 is 0.443 bits per heavy atom. The van der Waals surface area contributed by atoms with Crippen LogP contribution in [-0.4, -0.2) is 30.8 Å². The van der Waals surface area contributed by atoms with Gasteiger partial charge in [0.15, 0.2) is 0 Å². The van der Waals surface area contributed by atoms with Crippen molar-refractivity contribution in [3.8, 4) is 67.3 Å². The first kappa shape index (κ1) is 63.9. The third kappa shape index (κ3) is 19.9. The number of carbonyl (C=O) groups is 1. The van der Waals surface area contributed by atoms with Crippen LogP contribution >= 0.6 is 0 Å². The Morgan fingerprint density at radius 3 is 1.24 bits per heavy atom. The van der Waals surface area contributed by atoms with Gasteiger partial charge in [-0.3, -0.25) is 4.98 Å². The molecule has 0 fully saturated rings. The van der Waals surface area contributed by atoms with Crippen LogP contribution in [0.25, 0.3) is 67.3 Å². The van der Waals surface area contributed by atoms with Crippen LogP contribution in [0.3, 0.4) is 0 Å². The Hall–Kier alpha value is -7.66. The molecule has 0 unspecified atom stereocenters. The molecule has 6 aromatic carbocycles. The number of hydrogen-bond donors (Lipinski definition) is 1. The second kappa shape index (κ2) is 31.7. The molecule has 10 aromatic rings. The van der Waals surface area contributed by atoms with E-state index in [0.717, 1.165) is 39.5 Å². The van der Waals surface area contributed by atoms with Crippen molar-refractivity contribution in [2.45, 2.75) is 80.1 Å². The second-order valence-corrected chi connectivity index (χ2v) is 20.3. The molecule has 404 valence electrons. The maximum absolute atomic E-state index is 9.96. The predicted molar refractivity (Wildman–Crippen MR) is 319 cm³/mol. The van der Waals surface area contributed by atoms with Gasteiger partial charge < -0.3 is 20.1 Å². The number of nitrogens with zero attached hydrogens (tertiary/aromatic N) is 4. The summed E-state index contributed by atoms with van der Waals surface area (Å²) in [5.74, 6) is -0.312. The standard InChI is InChI=1S/2C21H20N.C12H11N.C12H10N.C5H6O2.2Ir/c2*1-21(2,3)19-14-20(17-12-8-5-9-13-17)22-15-18(19)16-10-6-4-7-11-16;2*1-10-6-2-3-7-11(10)12-8-4-5-9-13-12;1-4(6)3-5(2)7;;/h2*4-12,14-15H,1-3H3;2-9H,1H3;2-6,8-9H,1H3;1-2H3;;/q2*-1;;-1;;;/p+1. The number of pyridine rings is 4. The summed E-state index contributed by atoms with van der Waals surface area (Å²) in [4.78, 5) is 27.9. The van der Waals surface area contributed by atoms with E-state index in [4.69, 9.17) is 5.11 Å². The topological polar surface area (TPSA) is 88.9 Å². The molecular weight excluding hydrogens is 1330 g/mol. The largest absolute Gasteiger partial charge is 0.472 e. The number of carbonyl (C=O) groups excluding carboxylic acids is 1. The normalized spacial score (nSPS) is 10.5. The molecule has 0 saturated carbocycles. The molecule has 0 spiro atoms. The number of aliphatic hydroxyl groups excluding tert-OH is 1. The van der Waals surface area contributed by atoms with Crippen molar-refractivity contribution < 1.29 is 50.1 Å². The molecule has 1 N–H and O–H groups in total. The Balaban J connectivity index is 0.000000221. The molecule has 0 aliphatic carbocycles. The molecule has 8 heteroatoms. The van der Waals surface area contributed by atoms with Crippen LogP contribution in [0.2, 0.25) is 0 Å². The molecule has 4 aromatic heterocycles. The number of aliphatic hydroxyl groups is 1. The Morgan fingerprint density at radius 2 is 0.861 bits per heavy atom. The number of aryl methyl sites for hydroxylation is 2. The summed E-state index contributed by atoms with van der Waals surface area (Å²) in [5.41, 5.74) is 18.4. The summed E-state index contributed by atoms with van der Waals surface area (Å²) in [7, 11) is 0. The fourth-order valence-corrected chi connectivity index (χ4v) is 8.19. The first-order valence-electron chi connectivity index (χ1n) is 25.7. The number of allylic oxidation sites excluding steroid dienone is 2. The van der Waals surface area contributed by atoms with Gasteiger partial charge in [-0.1, -0.05) is 164 Å². The van der Waals surface area contributed by atoms with Gasteiger partial charge in [0.25, 0.3) is 0 Å². The number of hydrogen-bond acceptors (Lipinski definition) is 6. The maximum Gasteiger partial charge on any atom is 0.392 e. The minimum Gasteiger partial charge on any atom is -0.472 e. The summed E-state index contributed by atoms with van der Waals surface area (Å²) < 4.78 is 0. The number of ketones is 1. The van der Waals surface area contributed by atoms with Gasteiger partial charge in [0.1, 0.15) is 0 Å². The molecule has 4 heterocycles. The van der Waals surface area contributed by atoms with Gasteiger partial charge in [-0.25, -0.2) is 4.79 Å². The second-order valence-electron chi connectivity index (χ2n) is 20.3. The Labute approximate surface area is 497 Å². The third-order valence-corrected chi connectivity index (χ3v) is 12.0. The molecule has 0 aliphatic rings. The van der Waals surface area contributed by atoms with E-state index in [1.54, 1.807) is 6.20 Å². The fraction of sp³-hybridized carbons (Fsp3) is 0.169. The quantitative estimate of drug-likeness (QED) is 0.0972. The predicted octanol–water partition coefficient (Wildman–Crippen LogP) is 17.8. The molecule has 6 nitrogen and oxygen atoms in total. The van der Waals surface area contributed by atoms with E-state index in [9.17, 15) is 4.79 Å². The van der Waals surface area contributed by atoms with Crippen LogP contribution in [-0.2, 0) is 55.8 Å². The third-order valence-electron chi connectivity index (χ3n) is 12.0. The SMILES string of the molecule is CC(=O)[C+]=C(C)O.CC(C)(C)c1cc(-c2[c-]cccc2)ncc1-c1ccccc1.CC(C)(C)c1cc(-c2[c-]cccc2)ncc1-c1ccccc1.Cc1ccc[c-]c1-c1ccccn1.Cc1ccccc1-c1ccccn1.[Ir].[Ir]. The average Bonchev–Trinajstić information content (AvgIpc) is 3.51. The van der Waals surface area contributed by atoms with Crippen LogP contribution in [0.1, 0.15) is 77.6 Å². The van der Waals surface area contributed by atoms with Crippen LogP contribution in [0.15, 0.2) is 231 Å². The molecule has 10 rings (SSSR count). The van der Waals surface area contributed by atoms with Crippen molar-refractivity contribution in [2.24, 2.45) is 0 Å². The molecule has 0 atom stereocenters. The van der Waals surface area contributed by atoms with Crippen molar-refractivity contribution in [1.29, 1.82) is 0 Å². The summed E-state index contributed by atoms with van der Waals surface area (Å²) >= 11 is 0. The van der Waals surface area contributed by atoms with Crippen molar-refractivity contribution in [2.75, 3.05) is 0 Å². The van der Waals surface area contributed by atoms with E-state index in [2.05, 4.69) is 191 Å². The zero-order valence-electron chi connectivity index (χ0n) is 46.7. The molecule has 0 amide bonds. The zero-order valence-corrected chi connectivity index (χ0v) is 51.5. The van der Waals surface area contributed by atoms with E-state index < -0.39 is 0 Å². The van der Waals surface area contributed by atoms with Gasteiger partial charge >= 0.3 is 17.6 Å². The van der Waals surface area contributed by atoms with Crippen LogP contribution in [0.4, 0.5) is 0 Å². The molecular formula is C71H68Ir2N4O2-2. The van der Waals surface area contributed by atoms with E-state index in [0.29, 0.717) is 0 Å². The van der Waals surface area contributed by atoms with Crippen LogP contribution in [0, 0.1) is 38.1 Å². The smallest absolute Gasteiger partial charge is 0.392 e. The van der Waals surface area contributed by atoms with Gasteiger partial charge in [0.05, 0.1) is 12.6 Å². The minimum absolute atomic E-state index is 0. The van der Waals surface area contributed by atoms with Crippen LogP contribution in [0.5, 0.6) is 0 Å². The van der Waals surface area contributed by atoms with Crippen molar-refractivity contribution in [1.82, 2.24) is 19.9 Å². The summed E-state index contributed by atoms with van der Waals surface area (Å²) in [6.07, 6.45) is 9.75. The monoisotopic (exact) mass is 1390 g/mol. The number of rotatable bonds is 7. The van der Waals surface area contributed by atoms with E-state index in [-0.39, 0.29) is 62.6 Å². The number of aromatic nitrogens is 4. The van der Waals surface area contributed by atoms with E-state index >= 15 is 0 Å². The van der Waals surface area contributed by atoms with Gasteiger partial charge in [0.2, 0.25) is 0 Å². The van der Waals surface area contributed by atoms with Crippen molar-refractivity contribution in [3.05, 3.63) is 277 Å². The Bertz CT molecular complexity index is 3200. The van der Waals surface area contributed by atoms with Gasteiger partial charge in [-0.2, -0.15) is 0 Å². The minimum atomic E-state index is -0.250. The molecule has 79 heavy (non-hydrogen) atoms. The van der Waals surface area contributed by atoms with Gasteiger partial charge in [0, 0.05) is 88.6 Å². The van der Waals surface area contributed by atoms with Crippen molar-refractivity contribution in [3.63, 3.8) is 0 Å². The van der Waals surface area contributed by atoms with Gasteiger partial charge in [-0.15, -0.1) is 107 Å². The molecule has 0 saturated heterocycles. The van der Waals surface area contributed by atoms with Crippen LogP contribution < -0.4 is 0 Å². The average molecular weight is 1390 g/mol. The first-order valence-corrected chi connectivity index (χ1v) is 25.7. The number of benzene rings is 6. The van der Waals surface area contributed by atoms with Crippen molar-refractivity contribution >= 4 is 5.78 Å². The molecule has 0 aliphatic heterocycles. The van der Waals surface area contributed by atoms with E-state index in [1.165, 1.54) is 63.9 Å². The fourth-order valence-electron chi connectivity index (χ4n) is 8.19. The maximum atomic E-state index is 9.96. The first-order chi connectivity index (χ1) is 37.0. The molecule has 2 radical (unpaired) electrons. The summed E-state index contributed by atoms with van der Waals surface area (Å²) in [5, 5.41) is 8.31. The summed E-state index contributed by atoms with van der Waals surface area (Å²) in [6, 6.07) is 77.1.